The summed E-state index contributed by atoms with van der Waals surface area (Å²) < 4.78 is 16.1. The molecule has 4 rings (SSSR count). The molecule has 1 aliphatic heterocycles. The zero-order valence-corrected chi connectivity index (χ0v) is 16.7. The lowest BCUT2D eigenvalue weighted by Gasteiger charge is -2.17. The molecule has 1 amide bonds. The summed E-state index contributed by atoms with van der Waals surface area (Å²) >= 11 is 0. The van der Waals surface area contributed by atoms with E-state index in [2.05, 4.69) is 29.2 Å². The molecule has 0 spiro atoms. The van der Waals surface area contributed by atoms with E-state index in [0.29, 0.717) is 48.3 Å². The van der Waals surface area contributed by atoms with E-state index in [4.69, 9.17) is 14.0 Å². The fraction of sp³-hybridized carbons (Fsp3) is 0.318. The van der Waals surface area contributed by atoms with Crippen LogP contribution in [0.3, 0.4) is 0 Å². The van der Waals surface area contributed by atoms with Crippen LogP contribution < -0.4 is 9.47 Å². The largest absolute Gasteiger partial charge is 0.497 e. The van der Waals surface area contributed by atoms with Gasteiger partial charge in [-0.3, -0.25) is 4.79 Å². The summed E-state index contributed by atoms with van der Waals surface area (Å²) in [5.41, 5.74) is 3.04. The molecule has 150 valence electrons. The molecule has 7 nitrogen and oxygen atoms in total. The first-order chi connectivity index (χ1) is 14.1. The SMILES string of the molecule is COc1cc(OC)cc(-c2nc(C3CC(=O)N(Cc4ccccc4C)C3)no2)c1. The van der Waals surface area contributed by atoms with Gasteiger partial charge in [-0.15, -0.1) is 0 Å². The van der Waals surface area contributed by atoms with Crippen LogP contribution in [0.15, 0.2) is 47.0 Å². The van der Waals surface area contributed by atoms with Crippen molar-refractivity contribution in [1.82, 2.24) is 15.0 Å². The van der Waals surface area contributed by atoms with Crippen LogP contribution in [0.5, 0.6) is 11.5 Å². The number of aromatic nitrogens is 2. The van der Waals surface area contributed by atoms with Crippen molar-refractivity contribution in [2.45, 2.75) is 25.8 Å². The van der Waals surface area contributed by atoms with Gasteiger partial charge in [-0.05, 0) is 30.2 Å². The molecule has 1 aliphatic rings. The van der Waals surface area contributed by atoms with Gasteiger partial charge in [-0.25, -0.2) is 0 Å². The first kappa shape index (κ1) is 19.0. The molecule has 2 aromatic carbocycles. The zero-order chi connectivity index (χ0) is 20.4. The highest BCUT2D eigenvalue weighted by molar-refractivity contribution is 5.79. The number of aryl methyl sites for hydroxylation is 1. The van der Waals surface area contributed by atoms with E-state index in [1.165, 1.54) is 5.56 Å². The van der Waals surface area contributed by atoms with Crippen LogP contribution in [-0.4, -0.2) is 41.7 Å². The lowest BCUT2D eigenvalue weighted by molar-refractivity contribution is -0.128. The lowest BCUT2D eigenvalue weighted by Crippen LogP contribution is -2.24. The Morgan fingerprint density at radius 2 is 1.86 bits per heavy atom. The van der Waals surface area contributed by atoms with Gasteiger partial charge in [0.15, 0.2) is 5.82 Å². The molecule has 3 aromatic rings. The van der Waals surface area contributed by atoms with Crippen LogP contribution in [0.4, 0.5) is 0 Å². The Kier molecular flexibility index (Phi) is 5.20. The fourth-order valence-electron chi connectivity index (χ4n) is 3.54. The minimum Gasteiger partial charge on any atom is -0.497 e. The summed E-state index contributed by atoms with van der Waals surface area (Å²) in [6.45, 7) is 3.23. The molecule has 1 saturated heterocycles. The number of hydrogen-bond donors (Lipinski definition) is 0. The van der Waals surface area contributed by atoms with Crippen molar-refractivity contribution in [1.29, 1.82) is 0 Å². The summed E-state index contributed by atoms with van der Waals surface area (Å²) in [6, 6.07) is 13.5. The van der Waals surface area contributed by atoms with Gasteiger partial charge in [-0.2, -0.15) is 4.98 Å². The second-order valence-corrected chi connectivity index (χ2v) is 7.16. The van der Waals surface area contributed by atoms with E-state index >= 15 is 0 Å². The molecule has 0 N–H and O–H groups in total. The molecule has 1 fully saturated rings. The van der Waals surface area contributed by atoms with E-state index < -0.39 is 0 Å². The monoisotopic (exact) mass is 393 g/mol. The van der Waals surface area contributed by atoms with Crippen molar-refractivity contribution in [2.24, 2.45) is 0 Å². The number of rotatable bonds is 6. The summed E-state index contributed by atoms with van der Waals surface area (Å²) in [5.74, 6) is 2.22. The highest BCUT2D eigenvalue weighted by Gasteiger charge is 2.34. The van der Waals surface area contributed by atoms with Gasteiger partial charge < -0.3 is 18.9 Å². The van der Waals surface area contributed by atoms with Crippen molar-refractivity contribution in [3.63, 3.8) is 0 Å². The second kappa shape index (κ2) is 7.95. The average Bonchev–Trinajstić information content (AvgIpc) is 3.36. The fourth-order valence-corrected chi connectivity index (χ4v) is 3.54. The molecule has 1 aromatic heterocycles. The zero-order valence-electron chi connectivity index (χ0n) is 16.7. The van der Waals surface area contributed by atoms with Gasteiger partial charge in [0.25, 0.3) is 5.89 Å². The van der Waals surface area contributed by atoms with Gasteiger partial charge in [0.1, 0.15) is 11.5 Å². The Morgan fingerprint density at radius 3 is 2.55 bits per heavy atom. The van der Waals surface area contributed by atoms with Crippen molar-refractivity contribution in [3.05, 3.63) is 59.4 Å². The molecule has 1 unspecified atom stereocenters. The molecular weight excluding hydrogens is 370 g/mol. The first-order valence-electron chi connectivity index (χ1n) is 9.46. The van der Waals surface area contributed by atoms with Crippen LogP contribution in [-0.2, 0) is 11.3 Å². The smallest absolute Gasteiger partial charge is 0.258 e. The highest BCUT2D eigenvalue weighted by Crippen LogP contribution is 2.32. The summed E-state index contributed by atoms with van der Waals surface area (Å²) in [4.78, 5) is 18.9. The van der Waals surface area contributed by atoms with E-state index in [-0.39, 0.29) is 11.8 Å². The topological polar surface area (TPSA) is 77.7 Å². The van der Waals surface area contributed by atoms with E-state index in [1.807, 2.05) is 29.2 Å². The van der Waals surface area contributed by atoms with Crippen molar-refractivity contribution in [2.75, 3.05) is 20.8 Å². The molecule has 0 saturated carbocycles. The molecule has 0 bridgehead atoms. The number of carbonyl (C=O) groups is 1. The van der Waals surface area contributed by atoms with Gasteiger partial charge >= 0.3 is 0 Å². The minimum absolute atomic E-state index is 0.0866. The lowest BCUT2D eigenvalue weighted by atomic mass is 10.1. The summed E-state index contributed by atoms with van der Waals surface area (Å²) in [5, 5.41) is 4.13. The van der Waals surface area contributed by atoms with Crippen LogP contribution in [0.1, 0.15) is 29.3 Å². The van der Waals surface area contributed by atoms with Crippen molar-refractivity contribution < 1.29 is 18.8 Å². The Morgan fingerprint density at radius 1 is 1.14 bits per heavy atom. The molecule has 29 heavy (non-hydrogen) atoms. The van der Waals surface area contributed by atoms with Gasteiger partial charge in [0, 0.05) is 37.1 Å². The van der Waals surface area contributed by atoms with Gasteiger partial charge in [-0.1, -0.05) is 29.4 Å². The normalized spacial score (nSPS) is 16.3. The maximum absolute atomic E-state index is 12.5. The van der Waals surface area contributed by atoms with Crippen LogP contribution in [0, 0.1) is 6.92 Å². The average molecular weight is 393 g/mol. The predicted molar refractivity (Wildman–Crippen MR) is 107 cm³/mol. The Balaban J connectivity index is 1.52. The number of benzene rings is 2. The van der Waals surface area contributed by atoms with E-state index in [1.54, 1.807) is 20.3 Å². The summed E-state index contributed by atoms with van der Waals surface area (Å²) in [6.07, 6.45) is 0.381. The predicted octanol–water partition coefficient (Wildman–Crippen LogP) is 3.58. The number of methoxy groups -OCH3 is 2. The number of carbonyl (C=O) groups excluding carboxylic acids is 1. The number of nitrogens with zero attached hydrogens (tertiary/aromatic N) is 3. The quantitative estimate of drug-likeness (QED) is 0.637. The second-order valence-electron chi connectivity index (χ2n) is 7.16. The maximum atomic E-state index is 12.5. The number of amides is 1. The van der Waals surface area contributed by atoms with Gasteiger partial charge in [0.05, 0.1) is 14.2 Å². The van der Waals surface area contributed by atoms with Crippen molar-refractivity contribution >= 4 is 5.91 Å². The first-order valence-corrected chi connectivity index (χ1v) is 9.46. The molecule has 0 radical (unpaired) electrons. The molecule has 2 heterocycles. The summed E-state index contributed by atoms with van der Waals surface area (Å²) in [7, 11) is 3.18. The maximum Gasteiger partial charge on any atom is 0.258 e. The third-order valence-electron chi connectivity index (χ3n) is 5.24. The molecule has 7 heteroatoms. The van der Waals surface area contributed by atoms with Crippen LogP contribution >= 0.6 is 0 Å². The number of ether oxygens (including phenoxy) is 2. The Hall–Kier alpha value is -3.35. The number of likely N-dealkylation sites (tertiary alicyclic amines) is 1. The van der Waals surface area contributed by atoms with Crippen LogP contribution in [0.2, 0.25) is 0 Å². The standard InChI is InChI=1S/C22H23N3O4/c1-14-6-4-5-7-15(14)12-25-13-17(10-20(25)26)21-23-22(29-24-21)16-8-18(27-2)11-19(9-16)28-3/h4-9,11,17H,10,12-13H2,1-3H3. The van der Waals surface area contributed by atoms with E-state index in [0.717, 1.165) is 5.56 Å². The molecule has 1 atom stereocenters. The van der Waals surface area contributed by atoms with Crippen molar-refractivity contribution in [3.8, 4) is 23.0 Å². The third kappa shape index (κ3) is 3.94. The van der Waals surface area contributed by atoms with Crippen LogP contribution in [0.25, 0.3) is 11.5 Å². The van der Waals surface area contributed by atoms with Gasteiger partial charge in [0.2, 0.25) is 5.91 Å². The molecule has 0 aliphatic carbocycles. The number of hydrogen-bond acceptors (Lipinski definition) is 6. The van der Waals surface area contributed by atoms with E-state index in [9.17, 15) is 4.79 Å². The minimum atomic E-state index is -0.0866. The highest BCUT2D eigenvalue weighted by atomic mass is 16.5. The molecular formula is C22H23N3O4. The third-order valence-corrected chi connectivity index (χ3v) is 5.24. The Bertz CT molecular complexity index is 1010. The Labute approximate surface area is 169 Å².